The summed E-state index contributed by atoms with van der Waals surface area (Å²) in [5, 5.41) is 4.28. The van der Waals surface area contributed by atoms with Gasteiger partial charge in [-0.25, -0.2) is 4.39 Å². The molecule has 1 aliphatic rings. The van der Waals surface area contributed by atoms with Crippen LogP contribution in [0.3, 0.4) is 0 Å². The highest BCUT2D eigenvalue weighted by atomic mass is 32.2. The average molecular weight is 252 g/mol. The van der Waals surface area contributed by atoms with Crippen molar-refractivity contribution in [1.29, 1.82) is 0 Å². The predicted molar refractivity (Wildman–Crippen MR) is 71.8 cm³/mol. The maximum Gasteiger partial charge on any atom is 0.156 e. The van der Waals surface area contributed by atoms with Crippen LogP contribution in [0.2, 0.25) is 0 Å². The highest BCUT2D eigenvalue weighted by Crippen LogP contribution is 2.21. The van der Waals surface area contributed by atoms with Crippen LogP contribution in [0, 0.1) is 11.2 Å². The topological polar surface area (TPSA) is 24.4 Å². The van der Waals surface area contributed by atoms with Crippen molar-refractivity contribution >= 4 is 16.9 Å². The first kappa shape index (κ1) is 12.4. The van der Waals surface area contributed by atoms with E-state index >= 15 is 0 Å². The lowest BCUT2D eigenvalue weighted by atomic mass is 9.93. The quantitative estimate of drug-likeness (QED) is 0.875. The molecule has 0 unspecified atom stereocenters. The number of amidine groups is 1. The summed E-state index contributed by atoms with van der Waals surface area (Å²) >= 11 is 1.63. The van der Waals surface area contributed by atoms with Gasteiger partial charge in [-0.15, -0.1) is 0 Å². The molecule has 4 heteroatoms. The number of nitrogens with zero attached hydrogens (tertiary/aromatic N) is 1. The first-order valence-corrected chi connectivity index (χ1v) is 6.69. The highest BCUT2D eigenvalue weighted by Gasteiger charge is 2.22. The van der Waals surface area contributed by atoms with Gasteiger partial charge in [0.05, 0.1) is 0 Å². The van der Waals surface area contributed by atoms with Gasteiger partial charge in [0, 0.05) is 24.3 Å². The summed E-state index contributed by atoms with van der Waals surface area (Å²) in [6, 6.07) is 6.71. The molecule has 17 heavy (non-hydrogen) atoms. The van der Waals surface area contributed by atoms with Crippen LogP contribution in [0.15, 0.2) is 29.3 Å². The molecular formula is C13H17FN2S. The van der Waals surface area contributed by atoms with Crippen LogP contribution in [0.1, 0.15) is 19.4 Å². The van der Waals surface area contributed by atoms with E-state index in [1.54, 1.807) is 23.9 Å². The molecular weight excluding hydrogens is 235 g/mol. The molecule has 0 bridgehead atoms. The second-order valence-corrected chi connectivity index (χ2v) is 6.02. The van der Waals surface area contributed by atoms with E-state index in [9.17, 15) is 4.39 Å². The fraction of sp³-hybridized carbons (Fsp3) is 0.462. The van der Waals surface area contributed by atoms with E-state index in [4.69, 9.17) is 0 Å². The maximum absolute atomic E-state index is 13.0. The molecule has 1 aromatic rings. The monoisotopic (exact) mass is 252 g/mol. The van der Waals surface area contributed by atoms with Crippen molar-refractivity contribution < 1.29 is 4.39 Å². The Balaban J connectivity index is 1.89. The van der Waals surface area contributed by atoms with Crippen LogP contribution in [0.5, 0.6) is 0 Å². The number of rotatable bonds is 2. The van der Waals surface area contributed by atoms with Crippen LogP contribution in [0.25, 0.3) is 0 Å². The Kier molecular flexibility index (Phi) is 3.72. The van der Waals surface area contributed by atoms with Crippen LogP contribution >= 0.6 is 11.8 Å². The third-order valence-electron chi connectivity index (χ3n) is 2.63. The maximum atomic E-state index is 13.0. The molecule has 0 fully saturated rings. The van der Waals surface area contributed by atoms with E-state index in [2.05, 4.69) is 24.2 Å². The molecule has 0 saturated heterocycles. The minimum absolute atomic E-state index is 0.178. The van der Waals surface area contributed by atoms with Gasteiger partial charge in [0.15, 0.2) is 5.17 Å². The molecule has 0 spiro atoms. The molecule has 2 rings (SSSR count). The van der Waals surface area contributed by atoms with Crippen LogP contribution < -0.4 is 5.32 Å². The van der Waals surface area contributed by atoms with Gasteiger partial charge < -0.3 is 5.32 Å². The third-order valence-corrected chi connectivity index (χ3v) is 3.66. The molecule has 2 nitrogen and oxygen atoms in total. The number of halogens is 1. The number of hydrogen-bond donors (Lipinski definition) is 1. The molecule has 1 aromatic carbocycles. The molecule has 1 aliphatic heterocycles. The Labute approximate surface area is 106 Å². The zero-order valence-corrected chi connectivity index (χ0v) is 11.0. The Hall–Kier alpha value is -1.03. The zero-order chi connectivity index (χ0) is 12.3. The van der Waals surface area contributed by atoms with Gasteiger partial charge >= 0.3 is 0 Å². The van der Waals surface area contributed by atoms with Crippen LogP contribution in [-0.4, -0.2) is 18.3 Å². The fourth-order valence-electron chi connectivity index (χ4n) is 1.59. The summed E-state index contributed by atoms with van der Waals surface area (Å²) in [5.41, 5.74) is 1.23. The van der Waals surface area contributed by atoms with Crippen molar-refractivity contribution in [1.82, 2.24) is 5.32 Å². The molecule has 0 atom stereocenters. The fourth-order valence-corrected chi connectivity index (χ4v) is 2.40. The van der Waals surface area contributed by atoms with E-state index in [1.807, 2.05) is 6.07 Å². The van der Waals surface area contributed by atoms with Crippen molar-refractivity contribution in [2.45, 2.75) is 19.6 Å². The largest absolute Gasteiger partial charge is 0.364 e. The summed E-state index contributed by atoms with van der Waals surface area (Å²) in [4.78, 5) is 4.49. The number of aliphatic imine (C=N–C) groups is 1. The van der Waals surface area contributed by atoms with Crippen molar-refractivity contribution in [2.75, 3.05) is 13.1 Å². The first-order chi connectivity index (χ1) is 8.05. The molecule has 1 heterocycles. The van der Waals surface area contributed by atoms with E-state index < -0.39 is 0 Å². The minimum atomic E-state index is -0.178. The lowest BCUT2D eigenvalue weighted by Gasteiger charge is -2.28. The molecule has 0 radical (unpaired) electrons. The number of nitrogens with one attached hydrogen (secondary N) is 1. The van der Waals surface area contributed by atoms with Crippen molar-refractivity contribution in [3.8, 4) is 0 Å². The van der Waals surface area contributed by atoms with E-state index in [0.717, 1.165) is 29.6 Å². The van der Waals surface area contributed by atoms with Gasteiger partial charge in [-0.2, -0.15) is 0 Å². The van der Waals surface area contributed by atoms with E-state index in [-0.39, 0.29) is 11.2 Å². The second kappa shape index (κ2) is 5.08. The Bertz CT molecular complexity index is 429. The summed E-state index contributed by atoms with van der Waals surface area (Å²) in [7, 11) is 0. The lowest BCUT2D eigenvalue weighted by molar-refractivity contribution is 0.364. The van der Waals surface area contributed by atoms with Gasteiger partial charge in [0.2, 0.25) is 0 Å². The lowest BCUT2D eigenvalue weighted by Crippen LogP contribution is -2.39. The van der Waals surface area contributed by atoms with Gasteiger partial charge in [-0.05, 0) is 17.7 Å². The summed E-state index contributed by atoms with van der Waals surface area (Å²) in [6.07, 6.45) is 0. The number of benzene rings is 1. The van der Waals surface area contributed by atoms with E-state index in [1.165, 1.54) is 6.07 Å². The van der Waals surface area contributed by atoms with Crippen molar-refractivity contribution in [3.05, 3.63) is 35.6 Å². The summed E-state index contributed by atoms with van der Waals surface area (Å²) in [6.45, 7) is 6.18. The predicted octanol–water partition coefficient (Wildman–Crippen LogP) is 3.04. The Morgan fingerprint density at radius 1 is 1.47 bits per heavy atom. The smallest absolute Gasteiger partial charge is 0.156 e. The van der Waals surface area contributed by atoms with Crippen LogP contribution in [0.4, 0.5) is 4.39 Å². The average Bonchev–Trinajstić information content (AvgIpc) is 2.28. The second-order valence-electron chi connectivity index (χ2n) is 5.06. The van der Waals surface area contributed by atoms with Gasteiger partial charge in [-0.1, -0.05) is 37.7 Å². The minimum Gasteiger partial charge on any atom is -0.364 e. The molecule has 0 amide bonds. The SMILES string of the molecule is CC1(C)CN=C(SCc2cccc(F)c2)NC1. The highest BCUT2D eigenvalue weighted by molar-refractivity contribution is 8.13. The number of hydrogen-bond acceptors (Lipinski definition) is 3. The van der Waals surface area contributed by atoms with Gasteiger partial charge in [0.1, 0.15) is 5.82 Å². The van der Waals surface area contributed by atoms with Crippen molar-refractivity contribution in [2.24, 2.45) is 10.4 Å². The molecule has 0 saturated carbocycles. The number of thioether (sulfide) groups is 1. The molecule has 92 valence electrons. The Morgan fingerprint density at radius 3 is 2.94 bits per heavy atom. The molecule has 0 aliphatic carbocycles. The van der Waals surface area contributed by atoms with Gasteiger partial charge in [0.25, 0.3) is 0 Å². The molecule has 1 N–H and O–H groups in total. The van der Waals surface area contributed by atoms with Crippen LogP contribution in [-0.2, 0) is 5.75 Å². The van der Waals surface area contributed by atoms with Crippen molar-refractivity contribution in [3.63, 3.8) is 0 Å². The summed E-state index contributed by atoms with van der Waals surface area (Å²) < 4.78 is 13.0. The first-order valence-electron chi connectivity index (χ1n) is 5.71. The normalized spacial score (nSPS) is 18.4. The Morgan fingerprint density at radius 2 is 2.29 bits per heavy atom. The molecule has 0 aromatic heterocycles. The third kappa shape index (κ3) is 3.73. The van der Waals surface area contributed by atoms with Gasteiger partial charge in [-0.3, -0.25) is 4.99 Å². The zero-order valence-electron chi connectivity index (χ0n) is 10.2. The standard InChI is InChI=1S/C13H17FN2S/c1-13(2)8-15-12(16-9-13)17-7-10-4-3-5-11(14)6-10/h3-6H,7-9H2,1-2H3,(H,15,16). The summed E-state index contributed by atoms with van der Waals surface area (Å²) in [5.74, 6) is 0.576. The van der Waals surface area contributed by atoms with E-state index in [0.29, 0.717) is 0 Å².